The highest BCUT2D eigenvalue weighted by atomic mass is 16.5. The molecule has 1 saturated heterocycles. The zero-order valence-corrected chi connectivity index (χ0v) is 10.1. The van der Waals surface area contributed by atoms with Crippen molar-refractivity contribution in [2.24, 2.45) is 23.7 Å². The van der Waals surface area contributed by atoms with Gasteiger partial charge in [-0.3, -0.25) is 14.5 Å². The van der Waals surface area contributed by atoms with Gasteiger partial charge in [-0.15, -0.1) is 0 Å². The molecule has 4 atom stereocenters. The first-order valence-corrected chi connectivity index (χ1v) is 6.46. The first kappa shape index (κ1) is 11.9. The molecule has 1 N–H and O–H groups in total. The Labute approximate surface area is 105 Å². The van der Waals surface area contributed by atoms with Crippen LogP contribution in [0.2, 0.25) is 0 Å². The van der Waals surface area contributed by atoms with Crippen LogP contribution in [-0.4, -0.2) is 48.2 Å². The average Bonchev–Trinajstić information content (AvgIpc) is 3.02. The molecule has 5 heteroatoms. The lowest BCUT2D eigenvalue weighted by atomic mass is 9.85. The molecule has 3 rings (SSSR count). The second-order valence-electron chi connectivity index (χ2n) is 5.16. The van der Waals surface area contributed by atoms with Crippen LogP contribution < -0.4 is 0 Å². The molecule has 98 valence electrons. The van der Waals surface area contributed by atoms with Crippen LogP contribution in [0.3, 0.4) is 0 Å². The number of aliphatic hydroxyl groups is 1. The summed E-state index contributed by atoms with van der Waals surface area (Å²) in [6, 6.07) is 0. The second-order valence-corrected chi connectivity index (χ2v) is 5.16. The van der Waals surface area contributed by atoms with Crippen LogP contribution in [0.25, 0.3) is 0 Å². The maximum absolute atomic E-state index is 12.2. The van der Waals surface area contributed by atoms with Crippen molar-refractivity contribution in [1.29, 1.82) is 0 Å². The van der Waals surface area contributed by atoms with Crippen LogP contribution in [0.4, 0.5) is 0 Å². The van der Waals surface area contributed by atoms with E-state index in [0.29, 0.717) is 13.2 Å². The lowest BCUT2D eigenvalue weighted by Crippen LogP contribution is -2.35. The van der Waals surface area contributed by atoms with Gasteiger partial charge in [-0.2, -0.15) is 0 Å². The monoisotopic (exact) mass is 251 g/mol. The fourth-order valence-electron chi connectivity index (χ4n) is 3.51. The van der Waals surface area contributed by atoms with Crippen molar-refractivity contribution >= 4 is 11.8 Å². The summed E-state index contributed by atoms with van der Waals surface area (Å²) in [5.74, 6) is 0.221. The molecule has 0 aromatic rings. The quantitative estimate of drug-likeness (QED) is 0.417. The average molecular weight is 251 g/mol. The summed E-state index contributed by atoms with van der Waals surface area (Å²) in [5.41, 5.74) is 0. The van der Waals surface area contributed by atoms with E-state index in [2.05, 4.69) is 12.2 Å². The Bertz CT molecular complexity index is 376. The van der Waals surface area contributed by atoms with Gasteiger partial charge >= 0.3 is 0 Å². The van der Waals surface area contributed by atoms with E-state index in [1.807, 2.05) is 0 Å². The van der Waals surface area contributed by atoms with Crippen molar-refractivity contribution in [2.75, 3.05) is 26.4 Å². The molecule has 2 aliphatic carbocycles. The van der Waals surface area contributed by atoms with Gasteiger partial charge in [0.2, 0.25) is 11.8 Å². The summed E-state index contributed by atoms with van der Waals surface area (Å²) in [6.07, 6.45) is 5.13. The van der Waals surface area contributed by atoms with Crippen molar-refractivity contribution in [3.05, 3.63) is 12.2 Å². The summed E-state index contributed by atoms with van der Waals surface area (Å²) < 4.78 is 5.12. The van der Waals surface area contributed by atoms with Gasteiger partial charge in [0, 0.05) is 0 Å². The first-order valence-electron chi connectivity index (χ1n) is 6.46. The largest absolute Gasteiger partial charge is 0.394 e. The van der Waals surface area contributed by atoms with Crippen LogP contribution in [-0.2, 0) is 14.3 Å². The Morgan fingerprint density at radius 1 is 1.17 bits per heavy atom. The minimum absolute atomic E-state index is 0.0329. The van der Waals surface area contributed by atoms with Gasteiger partial charge in [0.15, 0.2) is 0 Å². The molecule has 1 heterocycles. The number of rotatable bonds is 5. The molecule has 2 amide bonds. The summed E-state index contributed by atoms with van der Waals surface area (Å²) in [6.45, 7) is 0.821. The molecule has 0 radical (unpaired) electrons. The van der Waals surface area contributed by atoms with Crippen molar-refractivity contribution < 1.29 is 19.4 Å². The lowest BCUT2D eigenvalue weighted by molar-refractivity contribution is -0.141. The predicted octanol–water partition coefficient (Wildman–Crippen LogP) is -0.198. The van der Waals surface area contributed by atoms with Crippen LogP contribution in [0.1, 0.15) is 6.42 Å². The van der Waals surface area contributed by atoms with Gasteiger partial charge < -0.3 is 9.84 Å². The van der Waals surface area contributed by atoms with E-state index in [1.165, 1.54) is 4.90 Å². The SMILES string of the molecule is O=C1C2C3C=CC(C3)C2C(=O)N1CCOCCO. The number of imide groups is 1. The van der Waals surface area contributed by atoms with E-state index >= 15 is 0 Å². The molecule has 18 heavy (non-hydrogen) atoms. The number of hydrogen-bond acceptors (Lipinski definition) is 4. The van der Waals surface area contributed by atoms with Crippen LogP contribution in [0.5, 0.6) is 0 Å². The van der Waals surface area contributed by atoms with E-state index in [-0.39, 0.29) is 48.7 Å². The van der Waals surface area contributed by atoms with Crippen molar-refractivity contribution in [2.45, 2.75) is 6.42 Å². The minimum atomic E-state index is -0.120. The highest BCUT2D eigenvalue weighted by Gasteiger charge is 2.58. The molecule has 2 bridgehead atoms. The number of nitrogens with zero attached hydrogens (tertiary/aromatic N) is 1. The third-order valence-electron chi connectivity index (χ3n) is 4.26. The molecule has 2 fully saturated rings. The summed E-state index contributed by atoms with van der Waals surface area (Å²) in [5, 5.41) is 8.59. The fraction of sp³-hybridized carbons (Fsp3) is 0.692. The van der Waals surface area contributed by atoms with E-state index in [1.54, 1.807) is 0 Å². The van der Waals surface area contributed by atoms with Gasteiger partial charge in [-0.1, -0.05) is 12.2 Å². The molecule has 4 unspecified atom stereocenters. The number of hydrogen-bond donors (Lipinski definition) is 1. The van der Waals surface area contributed by atoms with Crippen molar-refractivity contribution in [1.82, 2.24) is 4.90 Å². The van der Waals surface area contributed by atoms with Crippen molar-refractivity contribution in [3.63, 3.8) is 0 Å². The Morgan fingerprint density at radius 3 is 2.33 bits per heavy atom. The number of amides is 2. The summed E-state index contributed by atoms with van der Waals surface area (Å²) in [7, 11) is 0. The van der Waals surface area contributed by atoms with Gasteiger partial charge in [0.25, 0.3) is 0 Å². The summed E-state index contributed by atoms with van der Waals surface area (Å²) in [4.78, 5) is 25.8. The number of allylic oxidation sites excluding steroid dienone is 2. The Kier molecular flexibility index (Phi) is 2.95. The second kappa shape index (κ2) is 4.48. The number of ether oxygens (including phenoxy) is 1. The standard InChI is InChI=1S/C13H17NO4/c15-4-6-18-5-3-14-12(16)10-8-1-2-9(7-8)11(10)13(14)17/h1-2,8-11,15H,3-7H2. The molecule has 0 aromatic heterocycles. The van der Waals surface area contributed by atoms with Crippen LogP contribution in [0.15, 0.2) is 12.2 Å². The molecule has 1 aliphatic heterocycles. The minimum Gasteiger partial charge on any atom is -0.394 e. The zero-order valence-electron chi connectivity index (χ0n) is 10.1. The number of likely N-dealkylation sites (tertiary alicyclic amines) is 1. The smallest absolute Gasteiger partial charge is 0.233 e. The van der Waals surface area contributed by atoms with Crippen LogP contribution >= 0.6 is 0 Å². The zero-order chi connectivity index (χ0) is 12.7. The molecular formula is C13H17NO4. The van der Waals surface area contributed by atoms with E-state index in [9.17, 15) is 9.59 Å². The number of aliphatic hydroxyl groups excluding tert-OH is 1. The highest BCUT2D eigenvalue weighted by Crippen LogP contribution is 2.52. The van der Waals surface area contributed by atoms with E-state index < -0.39 is 0 Å². The van der Waals surface area contributed by atoms with E-state index in [0.717, 1.165) is 6.42 Å². The molecule has 5 nitrogen and oxygen atoms in total. The van der Waals surface area contributed by atoms with Crippen molar-refractivity contribution in [3.8, 4) is 0 Å². The maximum atomic E-state index is 12.2. The third kappa shape index (κ3) is 1.61. The molecular weight excluding hydrogens is 234 g/mol. The van der Waals surface area contributed by atoms with E-state index in [4.69, 9.17) is 9.84 Å². The van der Waals surface area contributed by atoms with Gasteiger partial charge in [-0.05, 0) is 18.3 Å². The fourth-order valence-corrected chi connectivity index (χ4v) is 3.51. The molecule has 3 aliphatic rings. The number of carbonyl (C=O) groups excluding carboxylic acids is 2. The highest BCUT2D eigenvalue weighted by molar-refractivity contribution is 6.06. The Balaban J connectivity index is 1.65. The van der Waals surface area contributed by atoms with Gasteiger partial charge in [-0.25, -0.2) is 0 Å². The normalized spacial score (nSPS) is 36.8. The number of carbonyl (C=O) groups is 2. The molecule has 0 aromatic carbocycles. The Hall–Kier alpha value is -1.20. The maximum Gasteiger partial charge on any atom is 0.233 e. The topological polar surface area (TPSA) is 66.8 Å². The van der Waals surface area contributed by atoms with Crippen LogP contribution in [0, 0.1) is 23.7 Å². The molecule has 1 saturated carbocycles. The summed E-state index contributed by atoms with van der Waals surface area (Å²) >= 11 is 0. The molecule has 0 spiro atoms. The number of fused-ring (bicyclic) bond motifs is 5. The third-order valence-corrected chi connectivity index (χ3v) is 4.26. The van der Waals surface area contributed by atoms with Gasteiger partial charge in [0.05, 0.1) is 38.2 Å². The van der Waals surface area contributed by atoms with Gasteiger partial charge in [0.1, 0.15) is 0 Å². The Morgan fingerprint density at radius 2 is 1.78 bits per heavy atom. The first-order chi connectivity index (χ1) is 8.74. The lowest BCUT2D eigenvalue weighted by Gasteiger charge is -2.16. The predicted molar refractivity (Wildman–Crippen MR) is 62.3 cm³/mol.